The minimum absolute atomic E-state index is 0.0862. The molecule has 1 fully saturated rings. The highest BCUT2D eigenvalue weighted by Gasteiger charge is 2.25. The fourth-order valence-corrected chi connectivity index (χ4v) is 3.18. The largest absolute Gasteiger partial charge is 0.361 e. The normalized spacial score (nSPS) is 16.5. The predicted octanol–water partition coefficient (Wildman–Crippen LogP) is 1.55. The molecule has 7 heteroatoms. The third-order valence-corrected chi connectivity index (χ3v) is 4.86. The van der Waals surface area contributed by atoms with Gasteiger partial charge in [0.05, 0.1) is 12.2 Å². The number of likely N-dealkylation sites (tertiary alicyclic amines) is 1. The zero-order valence-electron chi connectivity index (χ0n) is 14.6. The molecule has 0 radical (unpaired) electrons. The first-order valence-corrected chi connectivity index (χ1v) is 8.42. The summed E-state index contributed by atoms with van der Waals surface area (Å²) in [5.74, 6) is 2.06. The Labute approximate surface area is 142 Å². The second-order valence-corrected chi connectivity index (χ2v) is 6.53. The van der Waals surface area contributed by atoms with Crippen molar-refractivity contribution in [2.75, 3.05) is 13.1 Å². The van der Waals surface area contributed by atoms with Crippen LogP contribution in [0.4, 0.5) is 0 Å². The molecule has 1 amide bonds. The summed E-state index contributed by atoms with van der Waals surface area (Å²) in [6.45, 7) is 6.96. The molecule has 0 spiro atoms. The van der Waals surface area contributed by atoms with E-state index in [-0.39, 0.29) is 11.8 Å². The number of hydrogen-bond acceptors (Lipinski definition) is 5. The van der Waals surface area contributed by atoms with Gasteiger partial charge >= 0.3 is 0 Å². The van der Waals surface area contributed by atoms with Crippen LogP contribution in [0.2, 0.25) is 0 Å². The van der Waals surface area contributed by atoms with Gasteiger partial charge in [0.2, 0.25) is 5.91 Å². The topological polar surface area (TPSA) is 76.2 Å². The standard InChI is InChI=1S/C17H25N5O2/c1-12-15(13(2)24-20-12)10-19-17(23)14-4-7-22(8-5-14)11-16-18-6-9-21(16)3/h6,9,14H,4-5,7-8,10-11H2,1-3H3,(H,19,23). The molecule has 1 N–H and O–H groups in total. The van der Waals surface area contributed by atoms with Crippen LogP contribution in [-0.4, -0.2) is 38.6 Å². The molecule has 3 heterocycles. The molecule has 2 aromatic heterocycles. The lowest BCUT2D eigenvalue weighted by Gasteiger charge is -2.30. The highest BCUT2D eigenvalue weighted by molar-refractivity contribution is 5.78. The lowest BCUT2D eigenvalue weighted by atomic mass is 9.95. The second-order valence-electron chi connectivity index (χ2n) is 6.53. The molecule has 0 aromatic carbocycles. The number of hydrogen-bond donors (Lipinski definition) is 1. The Bertz CT molecular complexity index is 678. The third kappa shape index (κ3) is 3.67. The molecule has 1 saturated heterocycles. The first-order chi connectivity index (χ1) is 11.5. The highest BCUT2D eigenvalue weighted by atomic mass is 16.5. The SMILES string of the molecule is Cc1noc(C)c1CNC(=O)C1CCN(Cc2nccn2C)CC1. The van der Waals surface area contributed by atoms with Crippen molar-refractivity contribution in [2.45, 2.75) is 39.8 Å². The fourth-order valence-electron chi connectivity index (χ4n) is 3.18. The van der Waals surface area contributed by atoms with Gasteiger partial charge in [-0.3, -0.25) is 9.69 Å². The van der Waals surface area contributed by atoms with E-state index in [1.807, 2.05) is 37.9 Å². The van der Waals surface area contributed by atoms with E-state index in [1.165, 1.54) is 0 Å². The van der Waals surface area contributed by atoms with Crippen LogP contribution >= 0.6 is 0 Å². The zero-order chi connectivity index (χ0) is 17.1. The van der Waals surface area contributed by atoms with Crippen molar-refractivity contribution < 1.29 is 9.32 Å². The van der Waals surface area contributed by atoms with E-state index < -0.39 is 0 Å². The van der Waals surface area contributed by atoms with Crippen molar-refractivity contribution in [3.8, 4) is 0 Å². The van der Waals surface area contributed by atoms with E-state index in [2.05, 4.69) is 20.4 Å². The van der Waals surface area contributed by atoms with Crippen LogP contribution in [0.25, 0.3) is 0 Å². The van der Waals surface area contributed by atoms with E-state index in [0.717, 1.165) is 55.3 Å². The molecule has 3 rings (SSSR count). The van der Waals surface area contributed by atoms with Crippen molar-refractivity contribution in [1.29, 1.82) is 0 Å². The van der Waals surface area contributed by atoms with Gasteiger partial charge in [0.1, 0.15) is 11.6 Å². The third-order valence-electron chi connectivity index (χ3n) is 4.86. The molecule has 2 aromatic rings. The summed E-state index contributed by atoms with van der Waals surface area (Å²) in [6.07, 6.45) is 5.56. The summed E-state index contributed by atoms with van der Waals surface area (Å²) in [7, 11) is 2.01. The summed E-state index contributed by atoms with van der Waals surface area (Å²) in [5, 5.41) is 6.95. The molecule has 1 aliphatic rings. The number of imidazole rings is 1. The molecule has 0 bridgehead atoms. The Kier molecular flexibility index (Phi) is 4.99. The number of amides is 1. The van der Waals surface area contributed by atoms with Gasteiger partial charge < -0.3 is 14.4 Å². The molecule has 0 saturated carbocycles. The van der Waals surface area contributed by atoms with Crippen LogP contribution in [0.1, 0.15) is 35.7 Å². The Morgan fingerprint density at radius 3 is 2.71 bits per heavy atom. The Hall–Kier alpha value is -2.15. The Morgan fingerprint density at radius 2 is 2.12 bits per heavy atom. The average molecular weight is 331 g/mol. The highest BCUT2D eigenvalue weighted by Crippen LogP contribution is 2.19. The molecular weight excluding hydrogens is 306 g/mol. The monoisotopic (exact) mass is 331 g/mol. The van der Waals surface area contributed by atoms with E-state index >= 15 is 0 Å². The van der Waals surface area contributed by atoms with Crippen LogP contribution in [0.15, 0.2) is 16.9 Å². The van der Waals surface area contributed by atoms with E-state index in [0.29, 0.717) is 6.54 Å². The summed E-state index contributed by atoms with van der Waals surface area (Å²) in [5.41, 5.74) is 1.83. The number of piperidine rings is 1. The van der Waals surface area contributed by atoms with Gasteiger partial charge in [-0.25, -0.2) is 4.98 Å². The second kappa shape index (κ2) is 7.17. The molecule has 0 aliphatic carbocycles. The van der Waals surface area contributed by atoms with E-state index in [9.17, 15) is 4.79 Å². The minimum atomic E-state index is 0.0862. The lowest BCUT2D eigenvalue weighted by Crippen LogP contribution is -2.40. The van der Waals surface area contributed by atoms with Crippen molar-refractivity contribution in [3.05, 3.63) is 35.2 Å². The Morgan fingerprint density at radius 1 is 1.38 bits per heavy atom. The molecular formula is C17H25N5O2. The number of nitrogens with one attached hydrogen (secondary N) is 1. The van der Waals surface area contributed by atoms with Gasteiger partial charge in [-0.15, -0.1) is 0 Å². The maximum atomic E-state index is 12.4. The number of nitrogens with zero attached hydrogens (tertiary/aromatic N) is 4. The van der Waals surface area contributed by atoms with Gasteiger partial charge in [0.15, 0.2) is 0 Å². The number of aryl methyl sites for hydroxylation is 3. The van der Waals surface area contributed by atoms with Crippen LogP contribution in [-0.2, 0) is 24.9 Å². The predicted molar refractivity (Wildman–Crippen MR) is 89.0 cm³/mol. The average Bonchev–Trinajstić information content (AvgIpc) is 3.12. The first-order valence-electron chi connectivity index (χ1n) is 8.42. The van der Waals surface area contributed by atoms with Gasteiger partial charge in [-0.1, -0.05) is 5.16 Å². The molecule has 0 unspecified atom stereocenters. The van der Waals surface area contributed by atoms with Gasteiger partial charge in [-0.05, 0) is 39.8 Å². The summed E-state index contributed by atoms with van der Waals surface area (Å²) >= 11 is 0. The Balaban J connectivity index is 1.46. The van der Waals surface area contributed by atoms with Crippen molar-refractivity contribution in [3.63, 3.8) is 0 Å². The van der Waals surface area contributed by atoms with Crippen LogP contribution < -0.4 is 5.32 Å². The van der Waals surface area contributed by atoms with Gasteiger partial charge in [0.25, 0.3) is 0 Å². The minimum Gasteiger partial charge on any atom is -0.361 e. The number of aromatic nitrogens is 3. The maximum Gasteiger partial charge on any atom is 0.223 e. The van der Waals surface area contributed by atoms with E-state index in [1.54, 1.807) is 0 Å². The van der Waals surface area contributed by atoms with Gasteiger partial charge in [-0.2, -0.15) is 0 Å². The van der Waals surface area contributed by atoms with Crippen molar-refractivity contribution in [1.82, 2.24) is 24.9 Å². The van der Waals surface area contributed by atoms with E-state index in [4.69, 9.17) is 4.52 Å². The lowest BCUT2D eigenvalue weighted by molar-refractivity contribution is -0.126. The number of carbonyl (C=O) groups excluding carboxylic acids is 1. The molecule has 24 heavy (non-hydrogen) atoms. The summed E-state index contributed by atoms with van der Waals surface area (Å²) in [6, 6.07) is 0. The number of rotatable bonds is 5. The van der Waals surface area contributed by atoms with Crippen LogP contribution in [0.3, 0.4) is 0 Å². The van der Waals surface area contributed by atoms with Gasteiger partial charge in [0, 0.05) is 37.5 Å². The quantitative estimate of drug-likeness (QED) is 0.900. The molecule has 7 nitrogen and oxygen atoms in total. The van der Waals surface area contributed by atoms with Crippen LogP contribution in [0, 0.1) is 19.8 Å². The fraction of sp³-hybridized carbons (Fsp3) is 0.588. The summed E-state index contributed by atoms with van der Waals surface area (Å²) < 4.78 is 7.17. The molecule has 0 atom stereocenters. The first kappa shape index (κ1) is 16.7. The molecule has 130 valence electrons. The van der Waals surface area contributed by atoms with Crippen molar-refractivity contribution >= 4 is 5.91 Å². The molecule has 1 aliphatic heterocycles. The smallest absolute Gasteiger partial charge is 0.223 e. The number of carbonyl (C=O) groups is 1. The summed E-state index contributed by atoms with van der Waals surface area (Å²) in [4.78, 5) is 19.1. The van der Waals surface area contributed by atoms with Crippen LogP contribution in [0.5, 0.6) is 0 Å². The van der Waals surface area contributed by atoms with Crippen molar-refractivity contribution in [2.24, 2.45) is 13.0 Å². The maximum absolute atomic E-state index is 12.4. The zero-order valence-corrected chi connectivity index (χ0v) is 14.6.